The van der Waals surface area contributed by atoms with Gasteiger partial charge in [0.2, 0.25) is 0 Å². The van der Waals surface area contributed by atoms with Crippen LogP contribution >= 0.6 is 0 Å². The molecule has 0 amide bonds. The van der Waals surface area contributed by atoms with Crippen LogP contribution in [-0.4, -0.2) is 34.1 Å². The first-order chi connectivity index (χ1) is 10.2. The summed E-state index contributed by atoms with van der Waals surface area (Å²) in [5.41, 5.74) is 2.03. The Bertz CT molecular complexity index is 453. The smallest absolute Gasteiger partial charge is 0.0309 e. The van der Waals surface area contributed by atoms with Gasteiger partial charge in [0, 0.05) is 43.1 Å². The number of piperazine rings is 1. The quantitative estimate of drug-likeness (QED) is 0.924. The van der Waals surface area contributed by atoms with Crippen LogP contribution in [0.1, 0.15) is 57.9 Å². The molecule has 1 aromatic rings. The van der Waals surface area contributed by atoms with Crippen LogP contribution in [0.5, 0.6) is 0 Å². The van der Waals surface area contributed by atoms with Crippen LogP contribution in [0.25, 0.3) is 0 Å². The summed E-state index contributed by atoms with van der Waals surface area (Å²) in [6.07, 6.45) is 11.9. The van der Waals surface area contributed by atoms with Gasteiger partial charge in [0.15, 0.2) is 0 Å². The van der Waals surface area contributed by atoms with Crippen LogP contribution in [0.2, 0.25) is 0 Å². The minimum atomic E-state index is 0.270. The van der Waals surface area contributed by atoms with E-state index in [9.17, 15) is 0 Å². The second-order valence-corrected chi connectivity index (χ2v) is 7.26. The standard InChI is InChI=1S/C18H29N3/c1-3-17(2)14-20-18(9-5-4-6-10-18)15-21(17)13-16-7-11-19-12-8-16/h7-8,11-12,20H,3-6,9-10,13-15H2,1-2H3. The predicted octanol–water partition coefficient (Wildman–Crippen LogP) is 3.36. The molecule has 1 saturated carbocycles. The van der Waals surface area contributed by atoms with E-state index in [0.717, 1.165) is 13.1 Å². The van der Waals surface area contributed by atoms with Crippen molar-refractivity contribution < 1.29 is 0 Å². The highest BCUT2D eigenvalue weighted by Crippen LogP contribution is 2.36. The van der Waals surface area contributed by atoms with Gasteiger partial charge in [-0.25, -0.2) is 0 Å². The third kappa shape index (κ3) is 3.14. The third-order valence-electron chi connectivity index (χ3n) is 5.80. The minimum Gasteiger partial charge on any atom is -0.308 e. The summed E-state index contributed by atoms with van der Waals surface area (Å²) >= 11 is 0. The maximum Gasteiger partial charge on any atom is 0.0309 e. The fraction of sp³-hybridized carbons (Fsp3) is 0.722. The lowest BCUT2D eigenvalue weighted by atomic mass is 9.77. The van der Waals surface area contributed by atoms with Crippen LogP contribution in [0, 0.1) is 0 Å². The van der Waals surface area contributed by atoms with Crippen molar-refractivity contribution in [3.8, 4) is 0 Å². The van der Waals surface area contributed by atoms with E-state index in [1.54, 1.807) is 0 Å². The Morgan fingerprint density at radius 3 is 2.57 bits per heavy atom. The van der Waals surface area contributed by atoms with Gasteiger partial charge >= 0.3 is 0 Å². The van der Waals surface area contributed by atoms with E-state index >= 15 is 0 Å². The van der Waals surface area contributed by atoms with Gasteiger partial charge in [-0.15, -0.1) is 0 Å². The van der Waals surface area contributed by atoms with E-state index in [-0.39, 0.29) is 5.54 Å². The molecule has 1 atom stereocenters. The lowest BCUT2D eigenvalue weighted by molar-refractivity contribution is -0.00737. The van der Waals surface area contributed by atoms with Crippen molar-refractivity contribution in [1.82, 2.24) is 15.2 Å². The molecule has 3 heteroatoms. The highest BCUT2D eigenvalue weighted by Gasteiger charge is 2.44. The van der Waals surface area contributed by atoms with Crippen LogP contribution in [0.15, 0.2) is 24.5 Å². The molecule has 0 aromatic carbocycles. The maximum atomic E-state index is 4.15. The van der Waals surface area contributed by atoms with Gasteiger partial charge < -0.3 is 5.32 Å². The number of nitrogens with zero attached hydrogens (tertiary/aromatic N) is 2. The van der Waals surface area contributed by atoms with E-state index in [1.807, 2.05) is 12.4 Å². The number of hydrogen-bond acceptors (Lipinski definition) is 3. The number of nitrogens with one attached hydrogen (secondary N) is 1. The van der Waals surface area contributed by atoms with E-state index in [2.05, 4.69) is 41.2 Å². The molecule has 116 valence electrons. The molecule has 1 aromatic heterocycles. The lowest BCUT2D eigenvalue weighted by Gasteiger charge is -2.54. The molecule has 21 heavy (non-hydrogen) atoms. The molecule has 2 heterocycles. The number of pyridine rings is 1. The molecule has 1 unspecified atom stereocenters. The van der Waals surface area contributed by atoms with Crippen LogP contribution in [0.3, 0.4) is 0 Å². The van der Waals surface area contributed by atoms with Crippen molar-refractivity contribution in [3.05, 3.63) is 30.1 Å². The summed E-state index contributed by atoms with van der Waals surface area (Å²) < 4.78 is 0. The summed E-state index contributed by atoms with van der Waals surface area (Å²) in [6, 6.07) is 4.32. The van der Waals surface area contributed by atoms with Crippen LogP contribution in [-0.2, 0) is 6.54 Å². The Balaban J connectivity index is 1.78. The fourth-order valence-corrected chi connectivity index (χ4v) is 3.97. The first kappa shape index (κ1) is 15.0. The first-order valence-electron chi connectivity index (χ1n) is 8.55. The van der Waals surface area contributed by atoms with E-state index in [1.165, 1.54) is 50.6 Å². The molecular formula is C18H29N3. The minimum absolute atomic E-state index is 0.270. The van der Waals surface area contributed by atoms with Gasteiger partial charge in [-0.05, 0) is 43.9 Å². The third-order valence-corrected chi connectivity index (χ3v) is 5.80. The second kappa shape index (κ2) is 6.05. The van der Waals surface area contributed by atoms with Gasteiger partial charge in [-0.3, -0.25) is 9.88 Å². The maximum absolute atomic E-state index is 4.15. The Morgan fingerprint density at radius 2 is 1.90 bits per heavy atom. The summed E-state index contributed by atoms with van der Waals surface area (Å²) in [4.78, 5) is 6.87. The van der Waals surface area contributed by atoms with Gasteiger partial charge in [0.25, 0.3) is 0 Å². The summed E-state index contributed by atoms with van der Waals surface area (Å²) in [6.45, 7) is 8.10. The molecule has 3 rings (SSSR count). The molecule has 0 bridgehead atoms. The molecule has 1 N–H and O–H groups in total. The molecular weight excluding hydrogens is 258 g/mol. The van der Waals surface area contributed by atoms with E-state index in [0.29, 0.717) is 5.54 Å². The van der Waals surface area contributed by atoms with Crippen molar-refractivity contribution in [2.24, 2.45) is 0 Å². The van der Waals surface area contributed by atoms with Gasteiger partial charge in [-0.2, -0.15) is 0 Å². The number of aromatic nitrogens is 1. The number of rotatable bonds is 3. The van der Waals surface area contributed by atoms with Crippen molar-refractivity contribution in [1.29, 1.82) is 0 Å². The molecule has 2 aliphatic rings. The zero-order valence-corrected chi connectivity index (χ0v) is 13.6. The van der Waals surface area contributed by atoms with Crippen molar-refractivity contribution >= 4 is 0 Å². The van der Waals surface area contributed by atoms with Crippen LogP contribution in [0.4, 0.5) is 0 Å². The van der Waals surface area contributed by atoms with Crippen LogP contribution < -0.4 is 5.32 Å². The fourth-order valence-electron chi connectivity index (χ4n) is 3.97. The largest absolute Gasteiger partial charge is 0.308 e. The Hall–Kier alpha value is -0.930. The van der Waals surface area contributed by atoms with Crippen molar-refractivity contribution in [3.63, 3.8) is 0 Å². The molecule has 1 spiro atoms. The second-order valence-electron chi connectivity index (χ2n) is 7.26. The normalized spacial score (nSPS) is 29.6. The van der Waals surface area contributed by atoms with Crippen molar-refractivity contribution in [2.75, 3.05) is 13.1 Å². The van der Waals surface area contributed by atoms with E-state index in [4.69, 9.17) is 0 Å². The Morgan fingerprint density at radius 1 is 1.19 bits per heavy atom. The molecule has 1 saturated heterocycles. The lowest BCUT2D eigenvalue weighted by Crippen LogP contribution is -2.69. The zero-order chi connectivity index (χ0) is 14.8. The molecule has 2 fully saturated rings. The monoisotopic (exact) mass is 287 g/mol. The predicted molar refractivity (Wildman–Crippen MR) is 87.2 cm³/mol. The molecule has 1 aliphatic heterocycles. The SMILES string of the molecule is CCC1(C)CNC2(CCCCC2)CN1Cc1ccncc1. The average Bonchev–Trinajstić information content (AvgIpc) is 2.53. The molecule has 0 radical (unpaired) electrons. The highest BCUT2D eigenvalue weighted by atomic mass is 15.3. The van der Waals surface area contributed by atoms with Crippen molar-refractivity contribution in [2.45, 2.75) is 70.0 Å². The topological polar surface area (TPSA) is 28.2 Å². The number of hydrogen-bond donors (Lipinski definition) is 1. The zero-order valence-electron chi connectivity index (χ0n) is 13.6. The summed E-state index contributed by atoms with van der Waals surface area (Å²) in [5.74, 6) is 0. The van der Waals surface area contributed by atoms with Gasteiger partial charge in [0.1, 0.15) is 0 Å². The highest BCUT2D eigenvalue weighted by molar-refractivity contribution is 5.12. The molecule has 3 nitrogen and oxygen atoms in total. The Labute approximate surface area is 129 Å². The Kier molecular flexibility index (Phi) is 4.32. The van der Waals surface area contributed by atoms with Gasteiger partial charge in [0.05, 0.1) is 0 Å². The summed E-state index contributed by atoms with van der Waals surface area (Å²) in [5, 5.41) is 3.94. The first-order valence-corrected chi connectivity index (χ1v) is 8.55. The van der Waals surface area contributed by atoms with Gasteiger partial charge in [-0.1, -0.05) is 26.2 Å². The summed E-state index contributed by atoms with van der Waals surface area (Å²) in [7, 11) is 0. The molecule has 1 aliphatic carbocycles. The van der Waals surface area contributed by atoms with E-state index < -0.39 is 0 Å². The average molecular weight is 287 g/mol.